The highest BCUT2D eigenvalue weighted by Crippen LogP contribution is 2.43. The first-order chi connectivity index (χ1) is 27.1. The quantitative estimate of drug-likeness (QED) is 0.0215. The second-order valence-corrected chi connectivity index (χ2v) is 19.0. The molecule has 0 aliphatic carbocycles. The predicted octanol–water partition coefficient (Wildman–Crippen LogP) is 14.6. The number of quaternary nitrogens is 1. The molecule has 0 aliphatic heterocycles. The molecule has 0 fully saturated rings. The molecule has 0 saturated heterocycles. The van der Waals surface area contributed by atoms with E-state index in [1.165, 1.54) is 180 Å². The monoisotopic (exact) mass is 817 g/mol. The van der Waals surface area contributed by atoms with E-state index < -0.39 is 13.9 Å². The molecule has 0 saturated carbocycles. The number of esters is 1. The van der Waals surface area contributed by atoms with Crippen molar-refractivity contribution in [2.75, 3.05) is 47.5 Å². The van der Waals surface area contributed by atoms with Gasteiger partial charge in [0.15, 0.2) is 6.10 Å². The van der Waals surface area contributed by atoms with E-state index in [0.717, 1.165) is 32.1 Å². The number of hydrogen-bond acceptors (Lipinski definition) is 6. The molecule has 0 aromatic rings. The summed E-state index contributed by atoms with van der Waals surface area (Å²) in [6.07, 6.45) is 46.3. The van der Waals surface area contributed by atoms with E-state index in [1.807, 2.05) is 27.2 Å². The molecule has 9 heteroatoms. The summed E-state index contributed by atoms with van der Waals surface area (Å²) >= 11 is 0. The Bertz CT molecular complexity index is 909. The lowest BCUT2D eigenvalue weighted by molar-refractivity contribution is -0.870. The fourth-order valence-electron chi connectivity index (χ4n) is 6.93. The Hall–Kier alpha value is -0.920. The first-order valence-corrected chi connectivity index (χ1v) is 25.5. The molecule has 0 aromatic heterocycles. The lowest BCUT2D eigenvalue weighted by Gasteiger charge is -2.24. The van der Waals surface area contributed by atoms with Crippen LogP contribution in [0.1, 0.15) is 232 Å². The van der Waals surface area contributed by atoms with Crippen LogP contribution in [0, 0.1) is 0 Å². The van der Waals surface area contributed by atoms with E-state index in [0.29, 0.717) is 17.4 Å². The van der Waals surface area contributed by atoms with Crippen molar-refractivity contribution in [3.05, 3.63) is 12.3 Å². The van der Waals surface area contributed by atoms with Gasteiger partial charge < -0.3 is 18.9 Å². The Labute approximate surface area is 348 Å². The number of phosphoric ester groups is 1. The Morgan fingerprint density at radius 2 is 0.929 bits per heavy atom. The minimum Gasteiger partial charge on any atom is -0.498 e. The third kappa shape index (κ3) is 44.2. The van der Waals surface area contributed by atoms with Crippen molar-refractivity contribution in [1.82, 2.24) is 0 Å². The number of likely N-dealkylation sites (N-methyl/N-ethyl adjacent to an activating group) is 1. The maximum atomic E-state index is 12.7. The number of phosphoric acid groups is 1. The summed E-state index contributed by atoms with van der Waals surface area (Å²) in [4.78, 5) is 22.9. The molecular weight excluding hydrogens is 721 g/mol. The summed E-state index contributed by atoms with van der Waals surface area (Å²) in [5.41, 5.74) is 0. The Kier molecular flexibility index (Phi) is 40.2. The van der Waals surface area contributed by atoms with Crippen molar-refractivity contribution in [1.29, 1.82) is 0 Å². The number of allylic oxidation sites excluding steroid dienone is 1. The van der Waals surface area contributed by atoms with Crippen molar-refractivity contribution in [2.24, 2.45) is 0 Å². The second kappa shape index (κ2) is 40.8. The van der Waals surface area contributed by atoms with Crippen LogP contribution in [-0.4, -0.2) is 69.0 Å². The number of ether oxygens (including phenoxy) is 2. The maximum Gasteiger partial charge on any atom is 0.472 e. The highest BCUT2D eigenvalue weighted by molar-refractivity contribution is 7.47. The second-order valence-electron chi connectivity index (χ2n) is 17.6. The summed E-state index contributed by atoms with van der Waals surface area (Å²) in [5, 5.41) is 0. The standard InChI is InChI=1S/C47H94NO7P/c1-6-8-10-12-14-16-18-20-22-23-24-25-26-27-28-30-32-34-36-38-40-47(49)55-46(45-54-56(50,51)53-43-41-48(3,4)5)44-52-42-39-37-35-33-31-29-21-19-17-15-13-11-9-7-2/h39,42,46H,6-38,40-41,43-45H2,1-5H3/p+1/b42-39+/t46-/m1/s1. The molecule has 8 nitrogen and oxygen atoms in total. The van der Waals surface area contributed by atoms with Gasteiger partial charge >= 0.3 is 13.8 Å². The summed E-state index contributed by atoms with van der Waals surface area (Å²) in [6.45, 7) is 4.97. The topological polar surface area (TPSA) is 91.3 Å². The number of unbranched alkanes of at least 4 members (excludes halogenated alkanes) is 31. The average molecular weight is 817 g/mol. The van der Waals surface area contributed by atoms with Crippen LogP contribution in [0.3, 0.4) is 0 Å². The summed E-state index contributed by atoms with van der Waals surface area (Å²) in [6, 6.07) is 0. The summed E-state index contributed by atoms with van der Waals surface area (Å²) in [5.74, 6) is -0.330. The van der Waals surface area contributed by atoms with Crippen LogP contribution >= 0.6 is 7.82 Å². The maximum absolute atomic E-state index is 12.7. The van der Waals surface area contributed by atoms with Gasteiger partial charge in [-0.25, -0.2) is 4.57 Å². The first-order valence-electron chi connectivity index (χ1n) is 24.0. The third-order valence-electron chi connectivity index (χ3n) is 10.7. The zero-order valence-corrected chi connectivity index (χ0v) is 38.8. The van der Waals surface area contributed by atoms with Crippen LogP contribution < -0.4 is 0 Å². The van der Waals surface area contributed by atoms with Gasteiger partial charge in [0.05, 0.1) is 34.0 Å². The molecule has 56 heavy (non-hydrogen) atoms. The number of hydrogen-bond donors (Lipinski definition) is 1. The molecule has 1 N–H and O–H groups in total. The highest BCUT2D eigenvalue weighted by Gasteiger charge is 2.26. The van der Waals surface area contributed by atoms with Crippen LogP contribution in [0.2, 0.25) is 0 Å². The van der Waals surface area contributed by atoms with Gasteiger partial charge in [0, 0.05) is 6.42 Å². The van der Waals surface area contributed by atoms with E-state index >= 15 is 0 Å². The Balaban J connectivity index is 4.16. The van der Waals surface area contributed by atoms with E-state index in [1.54, 1.807) is 6.26 Å². The normalized spacial score (nSPS) is 13.7. The predicted molar refractivity (Wildman–Crippen MR) is 238 cm³/mol. The number of rotatable bonds is 45. The van der Waals surface area contributed by atoms with Crippen molar-refractivity contribution in [2.45, 2.75) is 238 Å². The van der Waals surface area contributed by atoms with Gasteiger partial charge in [0.25, 0.3) is 0 Å². The van der Waals surface area contributed by atoms with Gasteiger partial charge in [0.2, 0.25) is 0 Å². The SMILES string of the molecule is CCCCCCCCCCCCCC/C=C/OC[C@H](COP(=O)(O)OCC[N+](C)(C)C)OC(=O)CCCCCCCCCCCCCCCCCCCCCC. The molecule has 2 atom stereocenters. The van der Waals surface area contributed by atoms with Gasteiger partial charge in [-0.3, -0.25) is 13.8 Å². The smallest absolute Gasteiger partial charge is 0.472 e. The fourth-order valence-corrected chi connectivity index (χ4v) is 7.67. The molecule has 1 unspecified atom stereocenters. The molecule has 0 radical (unpaired) electrons. The average Bonchev–Trinajstić information content (AvgIpc) is 3.15. The van der Waals surface area contributed by atoms with Crippen LogP contribution in [0.5, 0.6) is 0 Å². The van der Waals surface area contributed by atoms with Crippen molar-refractivity contribution in [3.63, 3.8) is 0 Å². The minimum absolute atomic E-state index is 0.0544. The number of nitrogens with zero attached hydrogens (tertiary/aromatic N) is 1. The van der Waals surface area contributed by atoms with Crippen molar-refractivity contribution < 1.29 is 37.3 Å². The van der Waals surface area contributed by atoms with Crippen LogP contribution in [0.25, 0.3) is 0 Å². The molecule has 0 spiro atoms. The van der Waals surface area contributed by atoms with E-state index in [2.05, 4.69) is 13.8 Å². The van der Waals surface area contributed by atoms with E-state index in [9.17, 15) is 14.3 Å². The number of carbonyl (C=O) groups is 1. The molecular formula is C47H95NO7P+. The molecule has 0 aliphatic rings. The van der Waals surface area contributed by atoms with Crippen molar-refractivity contribution in [3.8, 4) is 0 Å². The third-order valence-corrected chi connectivity index (χ3v) is 11.7. The molecule has 0 heterocycles. The lowest BCUT2D eigenvalue weighted by atomic mass is 10.0. The molecule has 334 valence electrons. The zero-order chi connectivity index (χ0) is 41.3. The molecule has 0 rings (SSSR count). The summed E-state index contributed by atoms with van der Waals surface area (Å²) < 4.78 is 34.8. The van der Waals surface area contributed by atoms with Gasteiger partial charge in [-0.1, -0.05) is 206 Å². The van der Waals surface area contributed by atoms with E-state index in [-0.39, 0.29) is 25.8 Å². The van der Waals surface area contributed by atoms with Gasteiger partial charge in [-0.05, 0) is 25.3 Å². The van der Waals surface area contributed by atoms with Crippen molar-refractivity contribution >= 4 is 13.8 Å². The highest BCUT2D eigenvalue weighted by atomic mass is 31.2. The fraction of sp³-hybridized carbons (Fsp3) is 0.936. The number of carbonyl (C=O) groups excluding carboxylic acids is 1. The summed E-state index contributed by atoms with van der Waals surface area (Å²) in [7, 11) is 1.65. The van der Waals surface area contributed by atoms with Crippen LogP contribution in [-0.2, 0) is 27.9 Å². The largest absolute Gasteiger partial charge is 0.498 e. The van der Waals surface area contributed by atoms with Crippen LogP contribution in [0.15, 0.2) is 12.3 Å². The Morgan fingerprint density at radius 1 is 0.554 bits per heavy atom. The lowest BCUT2D eigenvalue weighted by Crippen LogP contribution is -2.37. The molecule has 0 aromatic carbocycles. The minimum atomic E-state index is -4.29. The molecule has 0 bridgehead atoms. The van der Waals surface area contributed by atoms with E-state index in [4.69, 9.17) is 18.5 Å². The zero-order valence-electron chi connectivity index (χ0n) is 37.9. The van der Waals surface area contributed by atoms with Gasteiger partial charge in [-0.15, -0.1) is 0 Å². The first kappa shape index (κ1) is 55.1. The molecule has 0 amide bonds. The van der Waals surface area contributed by atoms with Gasteiger partial charge in [-0.2, -0.15) is 0 Å². The Morgan fingerprint density at radius 3 is 1.32 bits per heavy atom. The van der Waals surface area contributed by atoms with Gasteiger partial charge in [0.1, 0.15) is 19.8 Å². The van der Waals surface area contributed by atoms with Crippen LogP contribution in [0.4, 0.5) is 0 Å².